The van der Waals surface area contributed by atoms with Crippen molar-refractivity contribution in [2.75, 3.05) is 0 Å². The second-order valence-electron chi connectivity index (χ2n) is 2.82. The van der Waals surface area contributed by atoms with Crippen molar-refractivity contribution in [2.24, 2.45) is 5.92 Å². The highest BCUT2D eigenvalue weighted by atomic mass is 35.5. The van der Waals surface area contributed by atoms with Gasteiger partial charge in [-0.2, -0.15) is 0 Å². The molecule has 0 spiro atoms. The third-order valence-corrected chi connectivity index (χ3v) is 2.57. The summed E-state index contributed by atoms with van der Waals surface area (Å²) in [4.78, 5) is 21.1. The van der Waals surface area contributed by atoms with E-state index >= 15 is 0 Å². The quantitative estimate of drug-likeness (QED) is 0.546. The molecule has 0 aromatic rings. The maximum atomic E-state index is 10.6. The molecular weight excluding hydrogens is 192 g/mol. The predicted molar refractivity (Wildman–Crippen MR) is 48.4 cm³/mol. The lowest BCUT2D eigenvalue weighted by molar-refractivity contribution is -0.112. The summed E-state index contributed by atoms with van der Waals surface area (Å²) in [7, 11) is 0. The fourth-order valence-corrected chi connectivity index (χ4v) is 1.65. The zero-order valence-corrected chi connectivity index (χ0v) is 7.62. The molecule has 1 aliphatic carbocycles. The van der Waals surface area contributed by atoms with Crippen LogP contribution < -0.4 is 0 Å². The van der Waals surface area contributed by atoms with Gasteiger partial charge in [-0.05, 0) is 12.8 Å². The van der Waals surface area contributed by atoms with Gasteiger partial charge in [-0.3, -0.25) is 4.79 Å². The maximum absolute atomic E-state index is 10.6. The van der Waals surface area contributed by atoms with E-state index in [1.165, 1.54) is 0 Å². The minimum Gasteiger partial charge on any atom is -0.515 e. The van der Waals surface area contributed by atoms with Crippen LogP contribution in [-0.2, 0) is 9.59 Å². The lowest BCUT2D eigenvalue weighted by atomic mass is 9.87. The Kier molecular flexibility index (Phi) is 3.25. The van der Waals surface area contributed by atoms with Crippen LogP contribution in [0, 0.1) is 5.92 Å². The molecule has 0 aromatic heterocycles. The number of halogens is 1. The Hall–Kier alpha value is -1.09. The first-order chi connectivity index (χ1) is 6.24. The second kappa shape index (κ2) is 4.23. The van der Waals surface area contributed by atoms with Crippen molar-refractivity contribution in [1.29, 1.82) is 0 Å². The van der Waals surface area contributed by atoms with E-state index in [1.807, 2.05) is 0 Å². The van der Waals surface area contributed by atoms with Crippen LogP contribution in [0.4, 0.5) is 0 Å². The first-order valence-electron chi connectivity index (χ1n) is 3.88. The molecule has 1 aliphatic rings. The number of carbonyl (C=O) groups excluding carboxylic acids is 2. The van der Waals surface area contributed by atoms with Gasteiger partial charge in [0.2, 0.25) is 0 Å². The van der Waals surface area contributed by atoms with Gasteiger partial charge in [-0.1, -0.05) is 11.6 Å². The highest BCUT2D eigenvalue weighted by molar-refractivity contribution is 6.33. The van der Waals surface area contributed by atoms with Crippen molar-refractivity contribution < 1.29 is 14.7 Å². The van der Waals surface area contributed by atoms with Gasteiger partial charge in [-0.15, -0.1) is 0 Å². The van der Waals surface area contributed by atoms with Crippen LogP contribution in [-0.4, -0.2) is 17.7 Å². The molecule has 0 heterocycles. The van der Waals surface area contributed by atoms with Crippen molar-refractivity contribution in [3.05, 3.63) is 22.4 Å². The molecule has 0 saturated carbocycles. The number of allylic oxidation sites excluding steroid dienone is 3. The Labute approximate surface area is 80.7 Å². The van der Waals surface area contributed by atoms with Crippen LogP contribution in [0.2, 0.25) is 0 Å². The van der Waals surface area contributed by atoms with Gasteiger partial charge in [-0.25, -0.2) is 0 Å². The molecular formula is C9H9ClO3. The Morgan fingerprint density at radius 1 is 1.46 bits per heavy atom. The average molecular weight is 201 g/mol. The topological polar surface area (TPSA) is 54.4 Å². The number of hydrogen-bond donors (Lipinski definition) is 1. The Morgan fingerprint density at radius 3 is 2.62 bits per heavy atom. The zero-order valence-electron chi connectivity index (χ0n) is 6.87. The third kappa shape index (κ3) is 1.80. The van der Waals surface area contributed by atoms with Gasteiger partial charge in [0.15, 0.2) is 0 Å². The molecule has 70 valence electrons. The molecule has 0 bridgehead atoms. The van der Waals surface area contributed by atoms with E-state index in [9.17, 15) is 9.59 Å². The Balaban J connectivity index is 3.12. The predicted octanol–water partition coefficient (Wildman–Crippen LogP) is 1.73. The Bertz CT molecular complexity index is 291. The van der Waals surface area contributed by atoms with Crippen molar-refractivity contribution >= 4 is 24.2 Å². The van der Waals surface area contributed by atoms with Crippen molar-refractivity contribution in [2.45, 2.75) is 12.8 Å². The number of rotatable bonds is 2. The minimum absolute atomic E-state index is 0.209. The van der Waals surface area contributed by atoms with Crippen LogP contribution in [0.15, 0.2) is 22.4 Å². The van der Waals surface area contributed by atoms with Crippen molar-refractivity contribution in [1.82, 2.24) is 0 Å². The van der Waals surface area contributed by atoms with E-state index in [4.69, 9.17) is 16.7 Å². The lowest BCUT2D eigenvalue weighted by Gasteiger charge is -2.19. The van der Waals surface area contributed by atoms with Gasteiger partial charge < -0.3 is 9.90 Å². The van der Waals surface area contributed by atoms with Crippen molar-refractivity contribution in [3.63, 3.8) is 0 Å². The summed E-state index contributed by atoms with van der Waals surface area (Å²) in [6.45, 7) is 0. The molecule has 0 amide bonds. The monoisotopic (exact) mass is 200 g/mol. The van der Waals surface area contributed by atoms with Gasteiger partial charge in [0, 0.05) is 17.1 Å². The molecule has 0 aliphatic heterocycles. The summed E-state index contributed by atoms with van der Waals surface area (Å²) >= 11 is 5.78. The van der Waals surface area contributed by atoms with Crippen LogP contribution in [0.3, 0.4) is 0 Å². The molecule has 1 atom stereocenters. The van der Waals surface area contributed by atoms with E-state index in [1.54, 1.807) is 0 Å². The molecule has 0 radical (unpaired) electrons. The molecule has 13 heavy (non-hydrogen) atoms. The third-order valence-electron chi connectivity index (χ3n) is 2.11. The number of aldehydes is 2. The van der Waals surface area contributed by atoms with Crippen LogP contribution in [0.5, 0.6) is 0 Å². The Morgan fingerprint density at radius 2 is 2.15 bits per heavy atom. The summed E-state index contributed by atoms with van der Waals surface area (Å²) in [5.74, 6) is -0.423. The number of aliphatic hydroxyl groups is 1. The first kappa shape index (κ1) is 9.99. The zero-order chi connectivity index (χ0) is 9.84. The van der Waals surface area contributed by atoms with E-state index in [-0.39, 0.29) is 10.6 Å². The largest absolute Gasteiger partial charge is 0.515 e. The molecule has 0 fully saturated rings. The smallest absolute Gasteiger partial charge is 0.148 e. The summed E-state index contributed by atoms with van der Waals surface area (Å²) in [6, 6.07) is 0. The highest BCUT2D eigenvalue weighted by Crippen LogP contribution is 2.33. The van der Waals surface area contributed by atoms with Gasteiger partial charge in [0.05, 0.1) is 11.3 Å². The summed E-state index contributed by atoms with van der Waals surface area (Å²) < 4.78 is 0. The van der Waals surface area contributed by atoms with E-state index < -0.39 is 5.92 Å². The maximum Gasteiger partial charge on any atom is 0.148 e. The molecule has 3 nitrogen and oxygen atoms in total. The van der Waals surface area contributed by atoms with E-state index in [0.29, 0.717) is 31.0 Å². The molecule has 0 saturated heterocycles. The lowest BCUT2D eigenvalue weighted by Crippen LogP contribution is -2.14. The normalized spacial score (nSPS) is 26.2. The standard InChI is InChI=1S/C9H9ClO3/c10-9-7(4-12)2-1-6(3-11)8(9)5-13/h3-6,12H,1-2H2. The van der Waals surface area contributed by atoms with Crippen molar-refractivity contribution in [3.8, 4) is 0 Å². The molecule has 1 unspecified atom stereocenters. The first-order valence-corrected chi connectivity index (χ1v) is 4.26. The molecule has 0 aromatic carbocycles. The van der Waals surface area contributed by atoms with Gasteiger partial charge in [0.1, 0.15) is 12.6 Å². The number of hydrogen-bond acceptors (Lipinski definition) is 3. The molecule has 4 heteroatoms. The number of aliphatic hydroxyl groups excluding tert-OH is 1. The number of carbonyl (C=O) groups is 2. The van der Waals surface area contributed by atoms with E-state index in [0.717, 1.165) is 6.26 Å². The SMILES string of the molecule is O=CC1=C(Cl)C(=CO)CCC1C=O. The van der Waals surface area contributed by atoms with Gasteiger partial charge >= 0.3 is 0 Å². The van der Waals surface area contributed by atoms with Gasteiger partial charge in [0.25, 0.3) is 0 Å². The average Bonchev–Trinajstić information content (AvgIpc) is 2.17. The minimum atomic E-state index is -0.423. The second-order valence-corrected chi connectivity index (χ2v) is 3.20. The fraction of sp³-hybridized carbons (Fsp3) is 0.333. The fourth-order valence-electron chi connectivity index (χ4n) is 1.33. The molecule has 1 N–H and O–H groups in total. The summed E-state index contributed by atoms with van der Waals surface area (Å²) in [6.07, 6.45) is 3.22. The molecule has 1 rings (SSSR count). The van der Waals surface area contributed by atoms with Crippen LogP contribution in [0.1, 0.15) is 12.8 Å². The highest BCUT2D eigenvalue weighted by Gasteiger charge is 2.24. The summed E-state index contributed by atoms with van der Waals surface area (Å²) in [5.41, 5.74) is 0.782. The van der Waals surface area contributed by atoms with Crippen LogP contribution in [0.25, 0.3) is 0 Å². The van der Waals surface area contributed by atoms with E-state index in [2.05, 4.69) is 0 Å². The van der Waals surface area contributed by atoms with Crippen LogP contribution >= 0.6 is 11.6 Å². The summed E-state index contributed by atoms with van der Waals surface area (Å²) in [5, 5.41) is 8.96.